The van der Waals surface area contributed by atoms with E-state index >= 15 is 0 Å². The van der Waals surface area contributed by atoms with Crippen LogP contribution in [0, 0.1) is 0 Å². The lowest BCUT2D eigenvalue weighted by Gasteiger charge is -2.18. The second-order valence-electron chi connectivity index (χ2n) is 18.4. The Kier molecular flexibility index (Phi) is 52.9. The largest absolute Gasteiger partial charge is 0.462 e. The molecule has 0 aliphatic rings. The molecule has 0 radical (unpaired) electrons. The van der Waals surface area contributed by atoms with Crippen LogP contribution in [-0.4, -0.2) is 37.2 Å². The first-order chi connectivity index (χ1) is 33.5. The fraction of sp³-hybridized carbons (Fsp3) is 0.694. The van der Waals surface area contributed by atoms with Crippen LogP contribution in [0.5, 0.6) is 0 Å². The maximum atomic E-state index is 12.8. The SMILES string of the molecule is CC/C=C\C/C=C\C/C=C\C/C=C\CCCCCCCCC(=O)OCC(COC(=O)CCCCCCC/C=C\C/C=C\C/C=C\CC)OC(=O)CCCCCCC/C=C\CCCCCCCCC. The van der Waals surface area contributed by atoms with Gasteiger partial charge in [-0.2, -0.15) is 0 Å². The maximum absolute atomic E-state index is 12.8. The molecule has 0 rings (SSSR count). The Morgan fingerprint density at radius 2 is 0.574 bits per heavy atom. The zero-order valence-electron chi connectivity index (χ0n) is 44.3. The van der Waals surface area contributed by atoms with Crippen molar-refractivity contribution in [1.82, 2.24) is 0 Å². The van der Waals surface area contributed by atoms with Crippen LogP contribution in [0.1, 0.15) is 258 Å². The van der Waals surface area contributed by atoms with Gasteiger partial charge in [0.2, 0.25) is 0 Å². The smallest absolute Gasteiger partial charge is 0.306 e. The summed E-state index contributed by atoms with van der Waals surface area (Å²) in [6.45, 7) is 6.38. The molecule has 388 valence electrons. The summed E-state index contributed by atoms with van der Waals surface area (Å²) in [5.41, 5.74) is 0. The molecule has 6 nitrogen and oxygen atoms in total. The van der Waals surface area contributed by atoms with E-state index in [-0.39, 0.29) is 31.1 Å². The Bertz CT molecular complexity index is 1360. The van der Waals surface area contributed by atoms with E-state index in [4.69, 9.17) is 14.2 Å². The molecule has 0 fully saturated rings. The van der Waals surface area contributed by atoms with Gasteiger partial charge in [0.05, 0.1) is 0 Å². The van der Waals surface area contributed by atoms with Gasteiger partial charge in [0.1, 0.15) is 13.2 Å². The summed E-state index contributed by atoms with van der Waals surface area (Å²) in [7, 11) is 0. The minimum Gasteiger partial charge on any atom is -0.462 e. The van der Waals surface area contributed by atoms with Crippen molar-refractivity contribution in [2.45, 2.75) is 264 Å². The van der Waals surface area contributed by atoms with Gasteiger partial charge < -0.3 is 14.2 Å². The number of unbranched alkanes of at least 4 members (excludes halogenated alkanes) is 23. The number of hydrogen-bond donors (Lipinski definition) is 0. The summed E-state index contributed by atoms with van der Waals surface area (Å²) in [5.74, 6) is -0.930. The number of carbonyl (C=O) groups excluding carboxylic acids is 3. The lowest BCUT2D eigenvalue weighted by molar-refractivity contribution is -0.167. The van der Waals surface area contributed by atoms with Crippen LogP contribution in [0.4, 0.5) is 0 Å². The van der Waals surface area contributed by atoms with E-state index in [0.717, 1.165) is 148 Å². The molecule has 0 aromatic carbocycles. The predicted octanol–water partition coefficient (Wildman–Crippen LogP) is 18.9. The second kappa shape index (κ2) is 55.9. The van der Waals surface area contributed by atoms with Crippen LogP contribution in [0.15, 0.2) is 97.2 Å². The number of esters is 3. The van der Waals surface area contributed by atoms with Crippen LogP contribution in [0.3, 0.4) is 0 Å². The molecule has 0 spiro atoms. The first-order valence-corrected chi connectivity index (χ1v) is 28.2. The van der Waals surface area contributed by atoms with E-state index in [1.165, 1.54) is 70.6 Å². The van der Waals surface area contributed by atoms with Crippen LogP contribution in [0.2, 0.25) is 0 Å². The molecule has 0 aromatic rings. The van der Waals surface area contributed by atoms with Gasteiger partial charge >= 0.3 is 17.9 Å². The third kappa shape index (κ3) is 53.3. The van der Waals surface area contributed by atoms with Crippen molar-refractivity contribution in [1.29, 1.82) is 0 Å². The minimum absolute atomic E-state index is 0.0946. The lowest BCUT2D eigenvalue weighted by atomic mass is 10.1. The monoisotopic (exact) mass is 945 g/mol. The summed E-state index contributed by atoms with van der Waals surface area (Å²) in [6.07, 6.45) is 73.9. The van der Waals surface area contributed by atoms with Crippen LogP contribution < -0.4 is 0 Å². The molecule has 0 aliphatic heterocycles. The Labute approximate surface area is 419 Å². The Balaban J connectivity index is 4.45. The van der Waals surface area contributed by atoms with E-state index in [0.29, 0.717) is 19.3 Å². The van der Waals surface area contributed by atoms with Gasteiger partial charge in [-0.25, -0.2) is 0 Å². The fourth-order valence-electron chi connectivity index (χ4n) is 7.62. The third-order valence-corrected chi connectivity index (χ3v) is 11.8. The van der Waals surface area contributed by atoms with E-state index in [1.54, 1.807) is 0 Å². The highest BCUT2D eigenvalue weighted by Crippen LogP contribution is 2.14. The van der Waals surface area contributed by atoms with Crippen molar-refractivity contribution in [3.05, 3.63) is 97.2 Å². The van der Waals surface area contributed by atoms with Crippen LogP contribution in [-0.2, 0) is 28.6 Å². The molecule has 0 aromatic heterocycles. The van der Waals surface area contributed by atoms with Gasteiger partial charge in [-0.3, -0.25) is 14.4 Å². The predicted molar refractivity (Wildman–Crippen MR) is 293 cm³/mol. The third-order valence-electron chi connectivity index (χ3n) is 11.8. The van der Waals surface area contributed by atoms with E-state index in [2.05, 4.69) is 118 Å². The molecule has 68 heavy (non-hydrogen) atoms. The van der Waals surface area contributed by atoms with E-state index in [9.17, 15) is 14.4 Å². The highest BCUT2D eigenvalue weighted by molar-refractivity contribution is 5.71. The summed E-state index contributed by atoms with van der Waals surface area (Å²) >= 11 is 0. The molecule has 0 saturated carbocycles. The van der Waals surface area contributed by atoms with Gasteiger partial charge in [-0.05, 0) is 116 Å². The van der Waals surface area contributed by atoms with Gasteiger partial charge in [0.15, 0.2) is 6.10 Å². The summed E-state index contributed by atoms with van der Waals surface area (Å²) < 4.78 is 16.8. The maximum Gasteiger partial charge on any atom is 0.306 e. The highest BCUT2D eigenvalue weighted by atomic mass is 16.6. The average molecular weight is 946 g/mol. The zero-order chi connectivity index (χ0) is 49.3. The van der Waals surface area contributed by atoms with E-state index in [1.807, 2.05) is 0 Å². The first kappa shape index (κ1) is 64.3. The zero-order valence-corrected chi connectivity index (χ0v) is 44.3. The molecular weight excluding hydrogens is 841 g/mol. The molecule has 0 saturated heterocycles. The minimum atomic E-state index is -0.796. The summed E-state index contributed by atoms with van der Waals surface area (Å²) in [4.78, 5) is 38.1. The molecule has 6 heteroatoms. The highest BCUT2D eigenvalue weighted by Gasteiger charge is 2.19. The van der Waals surface area contributed by atoms with Gasteiger partial charge in [0, 0.05) is 19.3 Å². The second-order valence-corrected chi connectivity index (χ2v) is 18.4. The van der Waals surface area contributed by atoms with Crippen molar-refractivity contribution >= 4 is 17.9 Å². The normalized spacial score (nSPS) is 12.8. The molecule has 0 amide bonds. The quantitative estimate of drug-likeness (QED) is 0.0262. The lowest BCUT2D eigenvalue weighted by Crippen LogP contribution is -2.30. The topological polar surface area (TPSA) is 78.9 Å². The van der Waals surface area contributed by atoms with Crippen molar-refractivity contribution in [2.24, 2.45) is 0 Å². The molecular formula is C62H104O6. The number of carbonyl (C=O) groups is 3. The molecule has 0 heterocycles. The van der Waals surface area contributed by atoms with Gasteiger partial charge in [-0.15, -0.1) is 0 Å². The van der Waals surface area contributed by atoms with E-state index < -0.39 is 6.10 Å². The summed E-state index contributed by atoms with van der Waals surface area (Å²) in [5, 5.41) is 0. The van der Waals surface area contributed by atoms with Crippen LogP contribution >= 0.6 is 0 Å². The standard InChI is InChI=1S/C62H104O6/c1-4-7-10-13-16-19-22-25-28-30-31-32-35-37-40-43-46-49-52-55-61(64)67-58-59(57-66-60(63)54-51-48-45-42-39-36-33-27-24-21-18-15-12-9-6-3)68-62(65)56-53-50-47-44-41-38-34-29-26-23-20-17-14-11-8-5-2/h7,9-10,12,16,18-19,21,25,27-29,31-34,59H,4-6,8,11,13-15,17,20,22-24,26,30,35-58H2,1-3H3/b10-7-,12-9-,19-16-,21-18-,28-25-,32-31-,33-27-,34-29-. The van der Waals surface area contributed by atoms with Gasteiger partial charge in [-0.1, -0.05) is 221 Å². The number of rotatable bonds is 50. The number of allylic oxidation sites excluding steroid dienone is 16. The van der Waals surface area contributed by atoms with Crippen LogP contribution in [0.25, 0.3) is 0 Å². The van der Waals surface area contributed by atoms with Gasteiger partial charge in [0.25, 0.3) is 0 Å². The number of hydrogen-bond acceptors (Lipinski definition) is 6. The van der Waals surface area contributed by atoms with Crippen molar-refractivity contribution in [3.63, 3.8) is 0 Å². The fourth-order valence-corrected chi connectivity index (χ4v) is 7.62. The molecule has 0 N–H and O–H groups in total. The molecule has 1 unspecified atom stereocenters. The number of ether oxygens (including phenoxy) is 3. The Hall–Kier alpha value is -3.67. The van der Waals surface area contributed by atoms with Crippen molar-refractivity contribution in [3.8, 4) is 0 Å². The molecule has 0 aliphatic carbocycles. The Morgan fingerprint density at radius 1 is 0.309 bits per heavy atom. The molecule has 0 bridgehead atoms. The summed E-state index contributed by atoms with van der Waals surface area (Å²) in [6, 6.07) is 0. The van der Waals surface area contributed by atoms with Crippen molar-refractivity contribution in [2.75, 3.05) is 13.2 Å². The average Bonchev–Trinajstić information content (AvgIpc) is 3.34. The van der Waals surface area contributed by atoms with Crippen molar-refractivity contribution < 1.29 is 28.6 Å². The molecule has 1 atom stereocenters. The Morgan fingerprint density at radius 3 is 0.912 bits per heavy atom. The first-order valence-electron chi connectivity index (χ1n) is 28.2.